The third kappa shape index (κ3) is 3.33. The van der Waals surface area contributed by atoms with Gasteiger partial charge in [0.15, 0.2) is 0 Å². The Kier molecular flexibility index (Phi) is 4.06. The van der Waals surface area contributed by atoms with Crippen molar-refractivity contribution in [1.29, 1.82) is 0 Å². The smallest absolute Gasteiger partial charge is 0.224 e. The van der Waals surface area contributed by atoms with Crippen molar-refractivity contribution in [2.24, 2.45) is 0 Å². The maximum Gasteiger partial charge on any atom is 0.224 e. The lowest BCUT2D eigenvalue weighted by Crippen LogP contribution is -2.32. The maximum atomic E-state index is 12.3. The third-order valence-corrected chi connectivity index (χ3v) is 3.64. The Bertz CT molecular complexity index is 630. The number of amides is 1. The van der Waals surface area contributed by atoms with Crippen LogP contribution in [0.5, 0.6) is 5.75 Å². The molecule has 0 atom stereocenters. The van der Waals surface area contributed by atoms with E-state index < -0.39 is 0 Å². The molecule has 0 radical (unpaired) electrons. The van der Waals surface area contributed by atoms with Crippen LogP contribution in [0.3, 0.4) is 0 Å². The van der Waals surface area contributed by atoms with Gasteiger partial charge in [0.25, 0.3) is 0 Å². The summed E-state index contributed by atoms with van der Waals surface area (Å²) in [5.74, 6) is 0.883. The van der Waals surface area contributed by atoms with Crippen LogP contribution in [0.25, 0.3) is 0 Å². The Hall–Kier alpha value is -2.08. The molecule has 2 heterocycles. The van der Waals surface area contributed by atoms with E-state index in [0.717, 1.165) is 11.3 Å². The van der Waals surface area contributed by atoms with E-state index in [1.54, 1.807) is 28.2 Å². The van der Waals surface area contributed by atoms with Crippen LogP contribution in [0, 0.1) is 0 Å². The molecule has 2 aromatic rings. The van der Waals surface area contributed by atoms with E-state index >= 15 is 0 Å². The zero-order valence-electron chi connectivity index (χ0n) is 11.4. The summed E-state index contributed by atoms with van der Waals surface area (Å²) in [7, 11) is 0. The maximum absolute atomic E-state index is 12.3. The molecule has 21 heavy (non-hydrogen) atoms. The molecule has 0 saturated carbocycles. The highest BCUT2D eigenvalue weighted by Crippen LogP contribution is 2.26. The number of rotatable bonds is 3. The molecule has 0 aliphatic carbocycles. The molecule has 3 rings (SSSR count). The van der Waals surface area contributed by atoms with Gasteiger partial charge in [-0.2, -0.15) is 0 Å². The monoisotopic (exact) mass is 306 g/mol. The molecule has 1 aliphatic heterocycles. The van der Waals surface area contributed by atoms with E-state index in [0.29, 0.717) is 37.7 Å². The van der Waals surface area contributed by atoms with Crippen LogP contribution in [-0.4, -0.2) is 38.7 Å². The number of carbonyl (C=O) groups is 1. The lowest BCUT2D eigenvalue weighted by molar-refractivity contribution is -0.132. The highest BCUT2D eigenvalue weighted by atomic mass is 35.5. The molecule has 110 valence electrons. The normalized spacial score (nSPS) is 14.2. The highest BCUT2D eigenvalue weighted by Gasteiger charge is 2.19. The first-order valence-electron chi connectivity index (χ1n) is 6.74. The van der Waals surface area contributed by atoms with E-state index in [1.807, 2.05) is 12.1 Å². The lowest BCUT2D eigenvalue weighted by atomic mass is 10.2. The van der Waals surface area contributed by atoms with Gasteiger partial charge in [-0.25, -0.2) is 0 Å². The minimum Gasteiger partial charge on any atom is -0.491 e. The first-order valence-corrected chi connectivity index (χ1v) is 7.11. The van der Waals surface area contributed by atoms with E-state index in [2.05, 4.69) is 10.2 Å². The quantitative estimate of drug-likeness (QED) is 0.866. The minimum atomic E-state index is 0.0834. The molecule has 0 N–H and O–H groups in total. The number of aryl methyl sites for hydroxylation is 1. The fourth-order valence-corrected chi connectivity index (χ4v) is 2.49. The molecule has 0 unspecified atom stereocenters. The number of hydrogen-bond acceptors (Lipinski definition) is 4. The van der Waals surface area contributed by atoms with Gasteiger partial charge in [0, 0.05) is 30.1 Å². The van der Waals surface area contributed by atoms with Gasteiger partial charge in [-0.05, 0) is 18.2 Å². The van der Waals surface area contributed by atoms with Crippen LogP contribution < -0.4 is 4.74 Å². The summed E-state index contributed by atoms with van der Waals surface area (Å²) in [4.78, 5) is 14.1. The van der Waals surface area contributed by atoms with Crippen LogP contribution >= 0.6 is 11.6 Å². The molecule has 0 spiro atoms. The summed E-state index contributed by atoms with van der Waals surface area (Å²) in [5, 5.41) is 8.09. The topological polar surface area (TPSA) is 60.2 Å². The fraction of sp³-hybridized carbons (Fsp3) is 0.357. The second-order valence-electron chi connectivity index (χ2n) is 4.87. The third-order valence-electron chi connectivity index (χ3n) is 3.41. The molecular weight excluding hydrogens is 292 g/mol. The number of aromatic nitrogens is 3. The molecule has 1 aromatic heterocycles. The first-order chi connectivity index (χ1) is 10.2. The van der Waals surface area contributed by atoms with E-state index in [4.69, 9.17) is 16.3 Å². The van der Waals surface area contributed by atoms with Crippen molar-refractivity contribution < 1.29 is 9.53 Å². The Morgan fingerprint density at radius 1 is 1.33 bits per heavy atom. The van der Waals surface area contributed by atoms with Gasteiger partial charge in [0.05, 0.1) is 6.54 Å². The number of nitrogens with zero attached hydrogens (tertiary/aromatic N) is 4. The standard InChI is InChI=1S/C14H15ClN4O2/c15-12-1-2-13-11(7-12)8-19(5-6-21-13)14(20)3-4-18-9-16-17-10-18/h1-2,7,9-10H,3-6,8H2. The number of carbonyl (C=O) groups excluding carboxylic acids is 1. The molecular formula is C14H15ClN4O2. The summed E-state index contributed by atoms with van der Waals surface area (Å²) < 4.78 is 7.45. The first kappa shape index (κ1) is 13.9. The van der Waals surface area contributed by atoms with Crippen molar-refractivity contribution in [1.82, 2.24) is 19.7 Å². The van der Waals surface area contributed by atoms with Gasteiger partial charge >= 0.3 is 0 Å². The van der Waals surface area contributed by atoms with Crippen LogP contribution in [0.4, 0.5) is 0 Å². The van der Waals surface area contributed by atoms with Crippen molar-refractivity contribution in [3.05, 3.63) is 41.4 Å². The van der Waals surface area contributed by atoms with Crippen molar-refractivity contribution >= 4 is 17.5 Å². The predicted octanol–water partition coefficient (Wildman–Crippen LogP) is 1.74. The van der Waals surface area contributed by atoms with Crippen LogP contribution in [0.2, 0.25) is 5.02 Å². The summed E-state index contributed by atoms with van der Waals surface area (Å²) >= 11 is 6.01. The Morgan fingerprint density at radius 3 is 2.95 bits per heavy atom. The Labute approximate surface area is 127 Å². The highest BCUT2D eigenvalue weighted by molar-refractivity contribution is 6.30. The number of ether oxygens (including phenoxy) is 1. The molecule has 6 nitrogen and oxygen atoms in total. The van der Waals surface area contributed by atoms with Gasteiger partial charge in [-0.1, -0.05) is 11.6 Å². The van der Waals surface area contributed by atoms with Gasteiger partial charge in [-0.15, -0.1) is 10.2 Å². The van der Waals surface area contributed by atoms with E-state index in [9.17, 15) is 4.79 Å². The number of hydrogen-bond donors (Lipinski definition) is 0. The molecule has 0 saturated heterocycles. The van der Waals surface area contributed by atoms with Crippen molar-refractivity contribution in [3.8, 4) is 5.75 Å². The number of halogens is 1. The molecule has 7 heteroatoms. The molecule has 0 fully saturated rings. The van der Waals surface area contributed by atoms with Gasteiger partial charge in [0.2, 0.25) is 5.91 Å². The van der Waals surface area contributed by atoms with E-state index in [-0.39, 0.29) is 5.91 Å². The second-order valence-corrected chi connectivity index (χ2v) is 5.30. The van der Waals surface area contributed by atoms with Gasteiger partial charge < -0.3 is 14.2 Å². The molecule has 1 aliphatic rings. The van der Waals surface area contributed by atoms with Crippen LogP contribution in [-0.2, 0) is 17.9 Å². The predicted molar refractivity (Wildman–Crippen MR) is 77.0 cm³/mol. The zero-order valence-corrected chi connectivity index (χ0v) is 12.2. The molecule has 1 aromatic carbocycles. The average Bonchev–Trinajstić information content (AvgIpc) is 2.90. The second kappa shape index (κ2) is 6.13. The van der Waals surface area contributed by atoms with Crippen LogP contribution in [0.1, 0.15) is 12.0 Å². The molecule has 1 amide bonds. The number of benzene rings is 1. The largest absolute Gasteiger partial charge is 0.491 e. The summed E-state index contributed by atoms with van der Waals surface area (Å²) in [6.07, 6.45) is 3.62. The molecule has 0 bridgehead atoms. The minimum absolute atomic E-state index is 0.0834. The summed E-state index contributed by atoms with van der Waals surface area (Å²) in [5.41, 5.74) is 0.942. The van der Waals surface area contributed by atoms with E-state index in [1.165, 1.54) is 0 Å². The van der Waals surface area contributed by atoms with Crippen LogP contribution in [0.15, 0.2) is 30.9 Å². The lowest BCUT2D eigenvalue weighted by Gasteiger charge is -2.19. The SMILES string of the molecule is O=C(CCn1cnnc1)N1CCOc2ccc(Cl)cc2C1. The Morgan fingerprint density at radius 2 is 2.14 bits per heavy atom. The zero-order chi connectivity index (χ0) is 14.7. The van der Waals surface area contributed by atoms with Crippen molar-refractivity contribution in [3.63, 3.8) is 0 Å². The van der Waals surface area contributed by atoms with Gasteiger partial charge in [0.1, 0.15) is 25.0 Å². The average molecular weight is 307 g/mol. The van der Waals surface area contributed by atoms with Crippen molar-refractivity contribution in [2.45, 2.75) is 19.5 Å². The number of fused-ring (bicyclic) bond motifs is 1. The fourth-order valence-electron chi connectivity index (χ4n) is 2.30. The van der Waals surface area contributed by atoms with Crippen molar-refractivity contribution in [2.75, 3.05) is 13.2 Å². The Balaban J connectivity index is 1.66. The van der Waals surface area contributed by atoms with Gasteiger partial charge in [-0.3, -0.25) is 4.79 Å². The summed E-state index contributed by atoms with van der Waals surface area (Å²) in [6.45, 7) is 2.17. The summed E-state index contributed by atoms with van der Waals surface area (Å²) in [6, 6.07) is 5.50.